The summed E-state index contributed by atoms with van der Waals surface area (Å²) in [7, 11) is -3.94. The van der Waals surface area contributed by atoms with Gasteiger partial charge in [0.1, 0.15) is 0 Å². The maximum Gasteiger partial charge on any atom is 0.267 e. The van der Waals surface area contributed by atoms with Crippen LogP contribution in [0.3, 0.4) is 0 Å². The predicted octanol–water partition coefficient (Wildman–Crippen LogP) is 4.71. The van der Waals surface area contributed by atoms with Gasteiger partial charge in [-0.25, -0.2) is 0 Å². The van der Waals surface area contributed by atoms with E-state index in [0.717, 1.165) is 19.3 Å². The van der Waals surface area contributed by atoms with Gasteiger partial charge in [-0.1, -0.05) is 65.2 Å². The molecule has 5 heteroatoms. The molecule has 0 heterocycles. The van der Waals surface area contributed by atoms with E-state index in [1.807, 2.05) is 6.92 Å². The second kappa shape index (κ2) is 13.3. The number of aliphatic hydroxyl groups is 1. The highest BCUT2D eigenvalue weighted by atomic mass is 32.2. The zero-order valence-electron chi connectivity index (χ0n) is 14.5. The fourth-order valence-corrected chi connectivity index (χ4v) is 3.82. The molecule has 0 radical (unpaired) electrons. The van der Waals surface area contributed by atoms with Gasteiger partial charge in [-0.05, 0) is 32.1 Å². The third-order valence-electron chi connectivity index (χ3n) is 4.24. The Morgan fingerprint density at radius 2 is 1.27 bits per heavy atom. The van der Waals surface area contributed by atoms with Gasteiger partial charge >= 0.3 is 0 Å². The molecule has 4 nitrogen and oxygen atoms in total. The summed E-state index contributed by atoms with van der Waals surface area (Å²) < 4.78 is 31.6. The Bertz CT molecular complexity index is 341. The van der Waals surface area contributed by atoms with Gasteiger partial charge in [0.25, 0.3) is 10.1 Å². The quantitative estimate of drug-likeness (QED) is 0.335. The summed E-state index contributed by atoms with van der Waals surface area (Å²) in [5, 5.41) is 9.26. The Labute approximate surface area is 137 Å². The minimum absolute atomic E-state index is 0.334. The lowest BCUT2D eigenvalue weighted by Gasteiger charge is -2.14. The average Bonchev–Trinajstić information content (AvgIpc) is 2.44. The fourth-order valence-electron chi connectivity index (χ4n) is 2.83. The van der Waals surface area contributed by atoms with E-state index in [0.29, 0.717) is 25.7 Å². The Balaban J connectivity index is 3.65. The lowest BCUT2D eigenvalue weighted by Crippen LogP contribution is -2.21. The molecule has 0 bridgehead atoms. The third-order valence-corrected chi connectivity index (χ3v) is 5.55. The Morgan fingerprint density at radius 3 is 1.82 bits per heavy atom. The third kappa shape index (κ3) is 12.4. The molecule has 0 rings (SSSR count). The van der Waals surface area contributed by atoms with Crippen molar-refractivity contribution in [2.45, 2.75) is 109 Å². The lowest BCUT2D eigenvalue weighted by atomic mass is 10.0. The van der Waals surface area contributed by atoms with Crippen molar-refractivity contribution < 1.29 is 18.1 Å². The maximum atomic E-state index is 11.2. The zero-order valence-corrected chi connectivity index (χ0v) is 15.3. The van der Waals surface area contributed by atoms with Gasteiger partial charge in [0.15, 0.2) is 0 Å². The second-order valence-electron chi connectivity index (χ2n) is 6.42. The average molecular weight is 337 g/mol. The van der Waals surface area contributed by atoms with Crippen LogP contribution in [0.5, 0.6) is 0 Å². The summed E-state index contributed by atoms with van der Waals surface area (Å²) in [6.45, 7) is 4.12. The van der Waals surface area contributed by atoms with Gasteiger partial charge in [-0.15, -0.1) is 0 Å². The highest BCUT2D eigenvalue weighted by Gasteiger charge is 2.21. The SMILES string of the molecule is CCCCCCCCCC(O)CCCC(CCC)S(=O)(=O)O. The molecule has 2 atom stereocenters. The van der Waals surface area contributed by atoms with E-state index in [1.54, 1.807) is 0 Å². The predicted molar refractivity (Wildman–Crippen MR) is 92.7 cm³/mol. The van der Waals surface area contributed by atoms with E-state index in [2.05, 4.69) is 6.92 Å². The minimum Gasteiger partial charge on any atom is -0.393 e. The first-order chi connectivity index (χ1) is 10.4. The van der Waals surface area contributed by atoms with E-state index in [4.69, 9.17) is 4.55 Å². The summed E-state index contributed by atoms with van der Waals surface area (Å²) >= 11 is 0. The molecule has 0 fully saturated rings. The zero-order chi connectivity index (χ0) is 16.8. The van der Waals surface area contributed by atoms with E-state index in [1.165, 1.54) is 38.5 Å². The molecular formula is C17H36O4S. The van der Waals surface area contributed by atoms with Crippen molar-refractivity contribution in [1.82, 2.24) is 0 Å². The van der Waals surface area contributed by atoms with E-state index < -0.39 is 15.4 Å². The molecule has 0 aromatic heterocycles. The largest absolute Gasteiger partial charge is 0.393 e. The van der Waals surface area contributed by atoms with Crippen LogP contribution in [0.25, 0.3) is 0 Å². The monoisotopic (exact) mass is 336 g/mol. The Kier molecular flexibility index (Phi) is 13.2. The van der Waals surface area contributed by atoms with Crippen LogP contribution in [-0.4, -0.2) is 29.4 Å². The number of hydrogen-bond acceptors (Lipinski definition) is 3. The van der Waals surface area contributed by atoms with Crippen molar-refractivity contribution in [1.29, 1.82) is 0 Å². The van der Waals surface area contributed by atoms with Gasteiger partial charge in [0.05, 0.1) is 11.4 Å². The highest BCUT2D eigenvalue weighted by Crippen LogP contribution is 2.17. The topological polar surface area (TPSA) is 74.6 Å². The van der Waals surface area contributed by atoms with Gasteiger partial charge in [-0.3, -0.25) is 4.55 Å². The van der Waals surface area contributed by atoms with E-state index in [9.17, 15) is 13.5 Å². The minimum atomic E-state index is -3.94. The van der Waals surface area contributed by atoms with Crippen LogP contribution in [0, 0.1) is 0 Å². The fraction of sp³-hybridized carbons (Fsp3) is 1.00. The summed E-state index contributed by atoms with van der Waals surface area (Å²) in [5.41, 5.74) is 0. The molecule has 134 valence electrons. The first-order valence-corrected chi connectivity index (χ1v) is 10.6. The molecule has 2 unspecified atom stereocenters. The van der Waals surface area contributed by atoms with Crippen LogP contribution in [-0.2, 0) is 10.1 Å². The van der Waals surface area contributed by atoms with Crippen LogP contribution in [0.4, 0.5) is 0 Å². The summed E-state index contributed by atoms with van der Waals surface area (Å²) in [6, 6.07) is 0. The number of hydrogen-bond donors (Lipinski definition) is 2. The molecule has 0 spiro atoms. The van der Waals surface area contributed by atoms with Gasteiger partial charge < -0.3 is 5.11 Å². The molecule has 0 aliphatic carbocycles. The van der Waals surface area contributed by atoms with Crippen molar-refractivity contribution in [3.63, 3.8) is 0 Å². The molecule has 0 aromatic carbocycles. The van der Waals surface area contributed by atoms with Crippen LogP contribution >= 0.6 is 0 Å². The van der Waals surface area contributed by atoms with Gasteiger partial charge in [0, 0.05) is 0 Å². The molecule has 2 N–H and O–H groups in total. The molecule has 0 aromatic rings. The van der Waals surface area contributed by atoms with Crippen molar-refractivity contribution in [3.05, 3.63) is 0 Å². The normalized spacial score (nSPS) is 14.9. The van der Waals surface area contributed by atoms with Crippen LogP contribution < -0.4 is 0 Å². The van der Waals surface area contributed by atoms with Crippen molar-refractivity contribution in [3.8, 4) is 0 Å². The smallest absolute Gasteiger partial charge is 0.267 e. The van der Waals surface area contributed by atoms with Crippen LogP contribution in [0.2, 0.25) is 0 Å². The number of rotatable bonds is 15. The lowest BCUT2D eigenvalue weighted by molar-refractivity contribution is 0.147. The summed E-state index contributed by atoms with van der Waals surface area (Å²) in [5.74, 6) is 0. The Morgan fingerprint density at radius 1 is 0.727 bits per heavy atom. The second-order valence-corrected chi connectivity index (χ2v) is 8.12. The van der Waals surface area contributed by atoms with Crippen LogP contribution in [0.15, 0.2) is 0 Å². The molecule has 22 heavy (non-hydrogen) atoms. The maximum absolute atomic E-state index is 11.2. The first kappa shape index (κ1) is 21.9. The first-order valence-electron chi connectivity index (χ1n) is 9.06. The highest BCUT2D eigenvalue weighted by molar-refractivity contribution is 7.86. The Hall–Kier alpha value is -0.130. The molecule has 0 amide bonds. The molecule has 0 aliphatic rings. The summed E-state index contributed by atoms with van der Waals surface area (Å²) in [6.07, 6.45) is 12.1. The summed E-state index contributed by atoms with van der Waals surface area (Å²) in [4.78, 5) is 0. The van der Waals surface area contributed by atoms with Gasteiger partial charge in [-0.2, -0.15) is 8.42 Å². The van der Waals surface area contributed by atoms with Crippen molar-refractivity contribution in [2.75, 3.05) is 0 Å². The van der Waals surface area contributed by atoms with Crippen LogP contribution in [0.1, 0.15) is 97.3 Å². The number of aliphatic hydroxyl groups excluding tert-OH is 1. The molecule has 0 saturated heterocycles. The molecule has 0 aliphatic heterocycles. The molecular weight excluding hydrogens is 300 g/mol. The van der Waals surface area contributed by atoms with Crippen molar-refractivity contribution >= 4 is 10.1 Å². The van der Waals surface area contributed by atoms with Crippen molar-refractivity contribution in [2.24, 2.45) is 0 Å². The number of unbranched alkanes of at least 4 members (excludes halogenated alkanes) is 6. The van der Waals surface area contributed by atoms with E-state index in [-0.39, 0.29) is 6.10 Å². The molecule has 0 saturated carbocycles. The standard InChI is InChI=1S/C17H36O4S/c1-3-5-6-7-8-9-10-13-16(18)14-11-15-17(12-4-2)22(19,20)21/h16-18H,3-15H2,1-2H3,(H,19,20,21). The van der Waals surface area contributed by atoms with E-state index >= 15 is 0 Å². The van der Waals surface area contributed by atoms with Gasteiger partial charge in [0.2, 0.25) is 0 Å².